The van der Waals surface area contributed by atoms with Gasteiger partial charge in [-0.1, -0.05) is 24.3 Å². The van der Waals surface area contributed by atoms with Crippen molar-refractivity contribution < 1.29 is 14.0 Å². The lowest BCUT2D eigenvalue weighted by atomic mass is 10.1. The molecule has 1 heterocycles. The Morgan fingerprint density at radius 2 is 1.56 bits per heavy atom. The Labute approximate surface area is 151 Å². The van der Waals surface area contributed by atoms with Crippen molar-refractivity contribution in [2.45, 2.75) is 13.0 Å². The number of rotatable bonds is 4. The van der Waals surface area contributed by atoms with Crippen LogP contribution in [-0.2, 0) is 22.6 Å². The van der Waals surface area contributed by atoms with E-state index in [4.69, 9.17) is 0 Å². The van der Waals surface area contributed by atoms with Crippen LogP contribution in [0.4, 0.5) is 4.39 Å². The van der Waals surface area contributed by atoms with Crippen molar-refractivity contribution in [1.29, 1.82) is 0 Å². The highest BCUT2D eigenvalue weighted by Gasteiger charge is 2.11. The fraction of sp³-hybridized carbons (Fsp3) is 0.111. The summed E-state index contributed by atoms with van der Waals surface area (Å²) in [5.41, 5.74) is 3.90. The molecule has 0 fully saturated rings. The molecule has 0 spiro atoms. The lowest BCUT2D eigenvalue weighted by Gasteiger charge is -2.09. The molecule has 27 heavy (non-hydrogen) atoms. The molecule has 2 amide bonds. The maximum Gasteiger partial charge on any atom is 0.273 e. The number of H-pyrrole nitrogens is 1. The first kappa shape index (κ1) is 18.1. The zero-order valence-electron chi connectivity index (χ0n) is 14.0. The first-order chi connectivity index (χ1) is 12.9. The van der Waals surface area contributed by atoms with Gasteiger partial charge in [0.05, 0.1) is 17.2 Å². The average Bonchev–Trinajstić information content (AvgIpc) is 2.66. The molecule has 0 radical (unpaired) electrons. The van der Waals surface area contributed by atoms with Crippen LogP contribution >= 0.6 is 0 Å². The summed E-state index contributed by atoms with van der Waals surface area (Å²) in [6.45, 7) is -0.476. The van der Waals surface area contributed by atoms with Crippen molar-refractivity contribution in [3.63, 3.8) is 0 Å². The van der Waals surface area contributed by atoms with Crippen LogP contribution < -0.4 is 22.0 Å². The van der Waals surface area contributed by atoms with Gasteiger partial charge in [0.2, 0.25) is 5.91 Å². The number of carbonyl (C=O) groups excluding carboxylic acids is 2. The Morgan fingerprint density at radius 1 is 0.926 bits per heavy atom. The van der Waals surface area contributed by atoms with Crippen molar-refractivity contribution in [3.05, 3.63) is 80.6 Å². The van der Waals surface area contributed by atoms with Crippen LogP contribution in [0, 0.1) is 5.82 Å². The van der Waals surface area contributed by atoms with Crippen LogP contribution in [0.2, 0.25) is 0 Å². The van der Waals surface area contributed by atoms with Crippen molar-refractivity contribution in [2.75, 3.05) is 0 Å². The van der Waals surface area contributed by atoms with E-state index in [1.165, 1.54) is 36.4 Å². The molecule has 0 unspecified atom stereocenters. The zero-order valence-corrected chi connectivity index (χ0v) is 14.0. The second-order valence-corrected chi connectivity index (χ2v) is 5.78. The van der Waals surface area contributed by atoms with Crippen LogP contribution in [0.1, 0.15) is 5.56 Å². The van der Waals surface area contributed by atoms with Gasteiger partial charge in [-0.2, -0.15) is 0 Å². The lowest BCUT2D eigenvalue weighted by molar-refractivity contribution is -0.129. The van der Waals surface area contributed by atoms with Gasteiger partial charge in [-0.3, -0.25) is 35.1 Å². The number of amides is 2. The Hall–Kier alpha value is -3.75. The van der Waals surface area contributed by atoms with Crippen LogP contribution in [0.3, 0.4) is 0 Å². The van der Waals surface area contributed by atoms with Gasteiger partial charge >= 0.3 is 0 Å². The fourth-order valence-electron chi connectivity index (χ4n) is 2.51. The number of nitrogens with one attached hydrogen (secondary N) is 3. The molecular weight excluding hydrogens is 355 g/mol. The molecule has 0 saturated heterocycles. The minimum Gasteiger partial charge on any atom is -0.273 e. The molecule has 3 N–H and O–H groups in total. The van der Waals surface area contributed by atoms with Crippen LogP contribution in [-0.4, -0.2) is 21.6 Å². The van der Waals surface area contributed by atoms with Crippen molar-refractivity contribution >= 4 is 22.6 Å². The molecule has 0 aliphatic carbocycles. The predicted molar refractivity (Wildman–Crippen MR) is 95.2 cm³/mol. The standard InChI is InChI=1S/C18H15FN4O4/c19-12-7-5-11(6-8-12)9-15(24)20-21-16(25)10-23-18(27)14-4-2-1-3-13(14)17(26)22-23/h1-8H,9-10H2,(H,20,24)(H,21,25)(H,22,26). The largest absolute Gasteiger partial charge is 0.273 e. The van der Waals surface area contributed by atoms with Gasteiger partial charge in [0, 0.05) is 0 Å². The summed E-state index contributed by atoms with van der Waals surface area (Å²) < 4.78 is 13.7. The van der Waals surface area contributed by atoms with E-state index in [2.05, 4.69) is 16.0 Å². The van der Waals surface area contributed by atoms with E-state index in [9.17, 15) is 23.6 Å². The number of aromatic amines is 1. The molecule has 138 valence electrons. The monoisotopic (exact) mass is 370 g/mol. The van der Waals surface area contributed by atoms with Gasteiger partial charge < -0.3 is 0 Å². The zero-order chi connectivity index (χ0) is 19.4. The SMILES string of the molecule is O=C(Cc1ccc(F)cc1)NNC(=O)Cn1[nH]c(=O)c2ccccc2c1=O. The van der Waals surface area contributed by atoms with Crippen molar-refractivity contribution in [2.24, 2.45) is 0 Å². The Bertz CT molecular complexity index is 1120. The highest BCUT2D eigenvalue weighted by atomic mass is 19.1. The summed E-state index contributed by atoms with van der Waals surface area (Å²) in [6.07, 6.45) is -0.0622. The van der Waals surface area contributed by atoms with E-state index in [0.29, 0.717) is 5.56 Å². The van der Waals surface area contributed by atoms with Crippen molar-refractivity contribution in [3.8, 4) is 0 Å². The summed E-state index contributed by atoms with van der Waals surface area (Å²) in [4.78, 5) is 48.1. The fourth-order valence-corrected chi connectivity index (χ4v) is 2.51. The number of nitrogens with zero attached hydrogens (tertiary/aromatic N) is 1. The Morgan fingerprint density at radius 3 is 2.26 bits per heavy atom. The molecule has 1 aromatic heterocycles. The molecule has 0 saturated carbocycles. The number of benzene rings is 2. The van der Waals surface area contributed by atoms with Crippen LogP contribution in [0.15, 0.2) is 58.1 Å². The van der Waals surface area contributed by atoms with E-state index in [1.807, 2.05) is 0 Å². The molecule has 0 bridgehead atoms. The second-order valence-electron chi connectivity index (χ2n) is 5.78. The van der Waals surface area contributed by atoms with Crippen LogP contribution in [0.5, 0.6) is 0 Å². The number of halogens is 1. The van der Waals surface area contributed by atoms with E-state index in [-0.39, 0.29) is 17.2 Å². The Kier molecular flexibility index (Phi) is 5.11. The number of hydrogen-bond donors (Lipinski definition) is 3. The van der Waals surface area contributed by atoms with E-state index in [0.717, 1.165) is 4.68 Å². The quantitative estimate of drug-likeness (QED) is 0.570. The molecule has 2 aromatic carbocycles. The summed E-state index contributed by atoms with van der Waals surface area (Å²) in [6, 6.07) is 11.6. The molecule has 9 heteroatoms. The maximum atomic E-state index is 12.8. The topological polar surface area (TPSA) is 113 Å². The molecule has 3 aromatic rings. The summed E-state index contributed by atoms with van der Waals surface area (Å²) >= 11 is 0. The molecule has 3 rings (SSSR count). The molecular formula is C18H15FN4O4. The minimum absolute atomic E-state index is 0.0622. The predicted octanol–water partition coefficient (Wildman–Crippen LogP) is 0.219. The van der Waals surface area contributed by atoms with Gasteiger partial charge in [-0.15, -0.1) is 0 Å². The number of hydrazine groups is 1. The van der Waals surface area contributed by atoms with Gasteiger partial charge in [0.25, 0.3) is 17.0 Å². The molecule has 0 aliphatic heterocycles. The maximum absolute atomic E-state index is 12.8. The second kappa shape index (κ2) is 7.65. The molecule has 0 aliphatic rings. The van der Waals surface area contributed by atoms with E-state index >= 15 is 0 Å². The summed E-state index contributed by atoms with van der Waals surface area (Å²) in [7, 11) is 0. The highest BCUT2D eigenvalue weighted by Crippen LogP contribution is 2.03. The lowest BCUT2D eigenvalue weighted by Crippen LogP contribution is -2.45. The number of carbonyl (C=O) groups is 2. The summed E-state index contributed by atoms with van der Waals surface area (Å²) in [5, 5.41) is 2.74. The third-order valence-corrected chi connectivity index (χ3v) is 3.80. The third kappa shape index (κ3) is 4.27. The smallest absolute Gasteiger partial charge is 0.273 e. The first-order valence-electron chi connectivity index (χ1n) is 7.98. The van der Waals surface area contributed by atoms with E-state index < -0.39 is 35.3 Å². The normalized spacial score (nSPS) is 10.6. The van der Waals surface area contributed by atoms with E-state index in [1.54, 1.807) is 12.1 Å². The summed E-state index contributed by atoms with van der Waals surface area (Å²) in [5.74, 6) is -1.63. The molecule has 0 atom stereocenters. The average molecular weight is 370 g/mol. The van der Waals surface area contributed by atoms with Crippen LogP contribution in [0.25, 0.3) is 10.8 Å². The Balaban J connectivity index is 1.62. The first-order valence-corrected chi connectivity index (χ1v) is 7.98. The molecule has 8 nitrogen and oxygen atoms in total. The number of aromatic nitrogens is 2. The number of fused-ring (bicyclic) bond motifs is 1. The highest BCUT2D eigenvalue weighted by molar-refractivity contribution is 5.83. The van der Waals surface area contributed by atoms with Gasteiger partial charge in [0.1, 0.15) is 12.4 Å². The van der Waals surface area contributed by atoms with Gasteiger partial charge in [-0.05, 0) is 29.8 Å². The van der Waals surface area contributed by atoms with Crippen molar-refractivity contribution in [1.82, 2.24) is 20.6 Å². The van der Waals surface area contributed by atoms with Gasteiger partial charge in [-0.25, -0.2) is 9.07 Å². The number of hydrogen-bond acceptors (Lipinski definition) is 4. The van der Waals surface area contributed by atoms with Gasteiger partial charge in [0.15, 0.2) is 0 Å². The third-order valence-electron chi connectivity index (χ3n) is 3.80. The minimum atomic E-state index is -0.699.